The van der Waals surface area contributed by atoms with Gasteiger partial charge in [0.1, 0.15) is 0 Å². The van der Waals surface area contributed by atoms with E-state index in [1.54, 1.807) is 0 Å². The van der Waals surface area contributed by atoms with Gasteiger partial charge in [-0.1, -0.05) is 0 Å². The van der Waals surface area contributed by atoms with Crippen LogP contribution in [0, 0.1) is 0 Å². The van der Waals surface area contributed by atoms with Crippen molar-refractivity contribution < 1.29 is 52.4 Å². The summed E-state index contributed by atoms with van der Waals surface area (Å²) in [7, 11) is 5.50. The predicted molar refractivity (Wildman–Crippen MR) is 44.4 cm³/mol. The van der Waals surface area contributed by atoms with Gasteiger partial charge in [-0.2, -0.15) is 14.2 Å². The largest absolute Gasteiger partial charge is 2.00 e. The van der Waals surface area contributed by atoms with E-state index in [-0.39, 0.29) is 21.7 Å². The van der Waals surface area contributed by atoms with Gasteiger partial charge in [-0.05, 0) is 0 Å². The molecule has 0 atom stereocenters. The number of hydrogen-bond acceptors (Lipinski definition) is 6. The number of hydrogen-bond donors (Lipinski definition) is 4. The topological polar surface area (TPSA) is 127 Å². The van der Waals surface area contributed by atoms with Gasteiger partial charge in [0.15, 0.2) is 0 Å². The van der Waals surface area contributed by atoms with Crippen molar-refractivity contribution in [2.75, 3.05) is 42.7 Å². The zero-order valence-electron chi connectivity index (χ0n) is 9.11. The van der Waals surface area contributed by atoms with E-state index in [1.165, 1.54) is 0 Å². The third-order valence-corrected chi connectivity index (χ3v) is 0. The van der Waals surface area contributed by atoms with Gasteiger partial charge in [0.2, 0.25) is 0 Å². The molecule has 0 unspecified atom stereocenters. The molecule has 0 bridgehead atoms. The first-order valence-corrected chi connectivity index (χ1v) is 2.61. The summed E-state index contributed by atoms with van der Waals surface area (Å²) < 4.78 is 0. The molecule has 86 valence electrons. The Morgan fingerprint density at radius 3 is 0.462 bits per heavy atom. The summed E-state index contributed by atoms with van der Waals surface area (Å²) in [4.78, 5) is 0. The van der Waals surface area contributed by atoms with Gasteiger partial charge in [0, 0.05) is 28.4 Å². The molecule has 6 nitrogen and oxygen atoms in total. The minimum absolute atomic E-state index is 0. The molecule has 0 aliphatic rings. The smallest absolute Gasteiger partial charge is 0.857 e. The summed E-state index contributed by atoms with van der Waals surface area (Å²) >= 11 is 0. The van der Waals surface area contributed by atoms with Crippen LogP contribution in [0.15, 0.2) is 0 Å². The van der Waals surface area contributed by atoms with Crippen molar-refractivity contribution in [3.63, 3.8) is 0 Å². The van der Waals surface area contributed by atoms with Crippen molar-refractivity contribution in [3.05, 3.63) is 0 Å². The molecule has 0 aromatic rings. The van der Waals surface area contributed by atoms with E-state index in [0.717, 1.165) is 42.7 Å². The molecule has 0 spiro atoms. The molecular formula is C6H22O6Ti. The summed E-state index contributed by atoms with van der Waals surface area (Å²) in [6.07, 6.45) is 0. The van der Waals surface area contributed by atoms with Crippen LogP contribution >= 0.6 is 0 Å². The van der Waals surface area contributed by atoms with E-state index in [2.05, 4.69) is 0 Å². The minimum Gasteiger partial charge on any atom is -0.857 e. The van der Waals surface area contributed by atoms with Gasteiger partial charge in [-0.3, -0.25) is 0 Å². The molecule has 0 rings (SSSR count). The molecule has 0 fully saturated rings. The molecule has 0 aliphatic heterocycles. The second-order valence-corrected chi connectivity index (χ2v) is 0. The molecule has 7 heteroatoms. The number of aliphatic hydroxyl groups excluding tert-OH is 4. The Labute approximate surface area is 95.4 Å². The summed E-state index contributed by atoms with van der Waals surface area (Å²) in [5, 5.41) is 44.5. The predicted octanol–water partition coefficient (Wildman–Crippen LogP) is -3.62. The van der Waals surface area contributed by atoms with Crippen molar-refractivity contribution in [2.24, 2.45) is 0 Å². The van der Waals surface area contributed by atoms with E-state index in [1.807, 2.05) is 0 Å². The van der Waals surface area contributed by atoms with Gasteiger partial charge in [0.05, 0.1) is 0 Å². The second kappa shape index (κ2) is 7300. The summed E-state index contributed by atoms with van der Waals surface area (Å²) in [5.74, 6) is 0. The average Bonchev–Trinajstić information content (AvgIpc) is 2.33. The van der Waals surface area contributed by atoms with Crippen LogP contribution in [-0.4, -0.2) is 63.1 Å². The maximum absolute atomic E-state index is 8.25. The van der Waals surface area contributed by atoms with Crippen molar-refractivity contribution >= 4 is 0 Å². The Kier molecular flexibility index (Phi) is 28100. The monoisotopic (exact) mass is 238 g/mol. The van der Waals surface area contributed by atoms with Gasteiger partial charge in [-0.15, -0.1) is 0 Å². The van der Waals surface area contributed by atoms with Crippen LogP contribution in [0.5, 0.6) is 0 Å². The normalized spacial score (nSPS) is 2.77. The zero-order valence-corrected chi connectivity index (χ0v) is 10.7. The molecule has 0 saturated carbocycles. The molecule has 4 N–H and O–H groups in total. The van der Waals surface area contributed by atoms with Crippen LogP contribution < -0.4 is 10.2 Å². The molecule has 0 aromatic heterocycles. The number of rotatable bonds is 0. The summed E-state index contributed by atoms with van der Waals surface area (Å²) in [6.45, 7) is 0. The molecular weight excluding hydrogens is 216 g/mol. The van der Waals surface area contributed by atoms with Gasteiger partial charge in [-0.25, -0.2) is 0 Å². The summed E-state index contributed by atoms with van der Waals surface area (Å²) in [5.41, 5.74) is 0. The fourth-order valence-electron chi connectivity index (χ4n) is 0. The van der Waals surface area contributed by atoms with Crippen molar-refractivity contribution in [2.45, 2.75) is 0 Å². The second-order valence-electron chi connectivity index (χ2n) is 0. The average molecular weight is 238 g/mol. The van der Waals surface area contributed by atoms with Crippen LogP contribution in [0.3, 0.4) is 0 Å². The Balaban J connectivity index is -0.00000000655. The molecule has 0 radical (unpaired) electrons. The van der Waals surface area contributed by atoms with Crippen molar-refractivity contribution in [1.82, 2.24) is 0 Å². The molecule has 0 heterocycles. The van der Waals surface area contributed by atoms with Crippen LogP contribution in [0.4, 0.5) is 0 Å². The van der Waals surface area contributed by atoms with Gasteiger partial charge >= 0.3 is 21.7 Å². The van der Waals surface area contributed by atoms with Crippen molar-refractivity contribution in [3.8, 4) is 0 Å². The SMILES string of the molecule is CO.CO.CO.CO.C[O-].C[O-].[Ti+2]. The standard InChI is InChI=1S/4CH4O.2CH3O.Ti/c6*1-2;/h4*2H,1H3;2*1H3;/q;;;;2*-1;+2. The van der Waals surface area contributed by atoms with E-state index in [4.69, 9.17) is 30.6 Å². The maximum Gasteiger partial charge on any atom is 2.00 e. The Morgan fingerprint density at radius 2 is 0.462 bits per heavy atom. The van der Waals surface area contributed by atoms with E-state index >= 15 is 0 Å². The third-order valence-electron chi connectivity index (χ3n) is 0. The van der Waals surface area contributed by atoms with Crippen LogP contribution in [-0.2, 0) is 21.7 Å². The Hall–Kier alpha value is 0.474. The number of aliphatic hydroxyl groups is 4. The van der Waals surface area contributed by atoms with E-state index in [0.29, 0.717) is 0 Å². The maximum atomic E-state index is 8.25. The Morgan fingerprint density at radius 1 is 0.462 bits per heavy atom. The van der Waals surface area contributed by atoms with Crippen LogP contribution in [0.2, 0.25) is 0 Å². The minimum atomic E-state index is 0. The van der Waals surface area contributed by atoms with Gasteiger partial charge in [0.25, 0.3) is 0 Å². The van der Waals surface area contributed by atoms with E-state index in [9.17, 15) is 0 Å². The van der Waals surface area contributed by atoms with Crippen molar-refractivity contribution in [1.29, 1.82) is 0 Å². The fourth-order valence-corrected chi connectivity index (χ4v) is 0. The first-order chi connectivity index (χ1) is 6.00. The first-order valence-electron chi connectivity index (χ1n) is 2.61. The third kappa shape index (κ3) is 6080. The molecule has 0 saturated heterocycles. The quantitative estimate of drug-likeness (QED) is 0.323. The molecule has 13 heavy (non-hydrogen) atoms. The van der Waals surface area contributed by atoms with Crippen LogP contribution in [0.1, 0.15) is 0 Å². The summed E-state index contributed by atoms with van der Waals surface area (Å²) in [6, 6.07) is 0. The Bertz CT molecular complexity index is 17.1. The zero-order chi connectivity index (χ0) is 12.0. The van der Waals surface area contributed by atoms with Gasteiger partial charge < -0.3 is 30.6 Å². The molecule has 0 aromatic carbocycles. The molecule has 0 aliphatic carbocycles. The van der Waals surface area contributed by atoms with Crippen LogP contribution in [0.25, 0.3) is 0 Å². The molecule has 0 amide bonds. The van der Waals surface area contributed by atoms with E-state index < -0.39 is 0 Å². The fraction of sp³-hybridized carbons (Fsp3) is 1.00. The first kappa shape index (κ1) is 50.0.